The van der Waals surface area contributed by atoms with Crippen LogP contribution in [0.25, 0.3) is 0 Å². The molecule has 2 N–H and O–H groups in total. The number of likely N-dealkylation sites (N-methyl/N-ethyl adjacent to an activating group) is 1. The maximum Gasteiger partial charge on any atom is 0.247 e. The van der Waals surface area contributed by atoms with Gasteiger partial charge < -0.3 is 15.5 Å². The van der Waals surface area contributed by atoms with E-state index >= 15 is 0 Å². The predicted molar refractivity (Wildman–Crippen MR) is 69.0 cm³/mol. The van der Waals surface area contributed by atoms with Gasteiger partial charge in [0, 0.05) is 18.8 Å². The molecule has 1 aromatic rings. The van der Waals surface area contributed by atoms with Crippen LogP contribution in [0.3, 0.4) is 0 Å². The molecule has 2 rings (SSSR count). The molecular weight excluding hydrogens is 230 g/mol. The van der Waals surface area contributed by atoms with E-state index in [0.29, 0.717) is 0 Å². The Morgan fingerprint density at radius 1 is 1.11 bits per heavy atom. The Bertz CT molecular complexity index is 468. The average Bonchev–Trinajstić information content (AvgIpc) is 2.34. The highest BCUT2D eigenvalue weighted by Gasteiger charge is 2.28. The van der Waals surface area contributed by atoms with Crippen LogP contribution in [-0.2, 0) is 9.59 Å². The Morgan fingerprint density at radius 3 is 2.28 bits per heavy atom. The van der Waals surface area contributed by atoms with E-state index in [4.69, 9.17) is 5.73 Å². The van der Waals surface area contributed by atoms with Crippen molar-refractivity contribution in [3.8, 4) is 0 Å². The van der Waals surface area contributed by atoms with Crippen molar-refractivity contribution >= 4 is 17.5 Å². The van der Waals surface area contributed by atoms with Gasteiger partial charge in [0.2, 0.25) is 11.8 Å². The molecule has 0 saturated carbocycles. The second-order valence-electron chi connectivity index (χ2n) is 4.61. The number of hydrogen-bond acceptors (Lipinski definition) is 3. The summed E-state index contributed by atoms with van der Waals surface area (Å²) < 4.78 is 0. The zero-order valence-corrected chi connectivity index (χ0v) is 10.6. The number of piperazine rings is 1. The fraction of sp³-hybridized carbons (Fsp3) is 0.385. The second-order valence-corrected chi connectivity index (χ2v) is 4.61. The van der Waals surface area contributed by atoms with Crippen molar-refractivity contribution < 1.29 is 9.59 Å². The summed E-state index contributed by atoms with van der Waals surface area (Å²) in [6.45, 7) is 2.14. The van der Waals surface area contributed by atoms with E-state index in [2.05, 4.69) is 0 Å². The number of carbonyl (C=O) groups is 2. The van der Waals surface area contributed by atoms with Gasteiger partial charge in [-0.15, -0.1) is 0 Å². The van der Waals surface area contributed by atoms with Gasteiger partial charge in [0.1, 0.15) is 6.54 Å². The van der Waals surface area contributed by atoms with E-state index in [-0.39, 0.29) is 30.9 Å². The van der Waals surface area contributed by atoms with E-state index in [1.807, 2.05) is 31.2 Å². The molecule has 0 spiro atoms. The first-order valence-corrected chi connectivity index (χ1v) is 5.89. The Labute approximate surface area is 106 Å². The second kappa shape index (κ2) is 4.78. The van der Waals surface area contributed by atoms with Crippen LogP contribution < -0.4 is 10.6 Å². The fourth-order valence-corrected chi connectivity index (χ4v) is 1.91. The normalized spacial score (nSPS) is 18.2. The van der Waals surface area contributed by atoms with E-state index in [1.54, 1.807) is 7.05 Å². The lowest BCUT2D eigenvalue weighted by Gasteiger charge is -2.31. The van der Waals surface area contributed by atoms with Crippen LogP contribution in [0.1, 0.15) is 18.5 Å². The van der Waals surface area contributed by atoms with Crippen molar-refractivity contribution in [2.75, 3.05) is 25.0 Å². The number of nitrogens with zero attached hydrogens (tertiary/aromatic N) is 2. The van der Waals surface area contributed by atoms with Crippen LogP contribution in [0.4, 0.5) is 5.69 Å². The van der Waals surface area contributed by atoms with Crippen LogP contribution >= 0.6 is 0 Å². The summed E-state index contributed by atoms with van der Waals surface area (Å²) in [6.07, 6.45) is 0. The van der Waals surface area contributed by atoms with Gasteiger partial charge in [0.15, 0.2) is 0 Å². The Balaban J connectivity index is 2.21. The van der Waals surface area contributed by atoms with Gasteiger partial charge in [-0.3, -0.25) is 9.59 Å². The smallest absolute Gasteiger partial charge is 0.247 e. The largest absolute Gasteiger partial charge is 0.335 e. The maximum atomic E-state index is 11.9. The Kier molecular flexibility index (Phi) is 3.34. The topological polar surface area (TPSA) is 66.6 Å². The van der Waals surface area contributed by atoms with Gasteiger partial charge in [0.25, 0.3) is 0 Å². The molecule has 1 heterocycles. The number of hydrogen-bond donors (Lipinski definition) is 1. The third-order valence-corrected chi connectivity index (χ3v) is 3.12. The average molecular weight is 247 g/mol. The summed E-state index contributed by atoms with van der Waals surface area (Å²) in [4.78, 5) is 26.4. The molecule has 5 heteroatoms. The standard InChI is InChI=1S/C13H17N3O2/c1-9(14)10-3-5-11(6-4-10)16-8-12(17)15(2)7-13(16)18/h3-6,9H,7-8,14H2,1-2H3. The highest BCUT2D eigenvalue weighted by molar-refractivity contribution is 6.04. The first-order valence-electron chi connectivity index (χ1n) is 5.89. The van der Waals surface area contributed by atoms with Crippen molar-refractivity contribution in [3.63, 3.8) is 0 Å². The number of nitrogens with two attached hydrogens (primary N) is 1. The summed E-state index contributed by atoms with van der Waals surface area (Å²) in [7, 11) is 1.64. The molecule has 18 heavy (non-hydrogen) atoms. The number of anilines is 1. The van der Waals surface area contributed by atoms with Gasteiger partial charge in [-0.1, -0.05) is 12.1 Å². The molecule has 1 atom stereocenters. The summed E-state index contributed by atoms with van der Waals surface area (Å²) in [5.41, 5.74) is 7.52. The third kappa shape index (κ3) is 2.36. The highest BCUT2D eigenvalue weighted by atomic mass is 16.2. The van der Waals surface area contributed by atoms with Crippen LogP contribution in [0.15, 0.2) is 24.3 Å². The van der Waals surface area contributed by atoms with Crippen molar-refractivity contribution in [1.82, 2.24) is 4.90 Å². The van der Waals surface area contributed by atoms with Gasteiger partial charge in [-0.05, 0) is 24.6 Å². The first-order chi connectivity index (χ1) is 8.49. The number of benzene rings is 1. The number of rotatable bonds is 2. The molecule has 0 aliphatic carbocycles. The van der Waals surface area contributed by atoms with Crippen molar-refractivity contribution in [1.29, 1.82) is 0 Å². The van der Waals surface area contributed by atoms with Crippen molar-refractivity contribution in [3.05, 3.63) is 29.8 Å². The van der Waals surface area contributed by atoms with Gasteiger partial charge in [0.05, 0.1) is 6.54 Å². The van der Waals surface area contributed by atoms with Crippen LogP contribution in [-0.4, -0.2) is 36.9 Å². The summed E-state index contributed by atoms with van der Waals surface area (Å²) in [5, 5.41) is 0. The summed E-state index contributed by atoms with van der Waals surface area (Å²) >= 11 is 0. The lowest BCUT2D eigenvalue weighted by Crippen LogP contribution is -2.52. The molecule has 1 aliphatic heterocycles. The van der Waals surface area contributed by atoms with Crippen molar-refractivity contribution in [2.45, 2.75) is 13.0 Å². The minimum absolute atomic E-state index is 0.0381. The van der Waals surface area contributed by atoms with Crippen LogP contribution in [0, 0.1) is 0 Å². The zero-order chi connectivity index (χ0) is 13.3. The quantitative estimate of drug-likeness (QED) is 0.828. The molecule has 5 nitrogen and oxygen atoms in total. The van der Waals surface area contributed by atoms with E-state index in [1.165, 1.54) is 9.80 Å². The Hall–Kier alpha value is -1.88. The summed E-state index contributed by atoms with van der Waals surface area (Å²) in [6, 6.07) is 7.39. The zero-order valence-electron chi connectivity index (χ0n) is 10.6. The molecule has 1 fully saturated rings. The highest BCUT2D eigenvalue weighted by Crippen LogP contribution is 2.20. The lowest BCUT2D eigenvalue weighted by atomic mass is 10.1. The molecule has 1 unspecified atom stereocenters. The van der Waals surface area contributed by atoms with Crippen LogP contribution in [0.5, 0.6) is 0 Å². The Morgan fingerprint density at radius 2 is 1.72 bits per heavy atom. The molecule has 1 aromatic carbocycles. The van der Waals surface area contributed by atoms with Gasteiger partial charge in [-0.25, -0.2) is 0 Å². The molecule has 0 aromatic heterocycles. The molecule has 0 bridgehead atoms. The van der Waals surface area contributed by atoms with Crippen LogP contribution in [0.2, 0.25) is 0 Å². The minimum Gasteiger partial charge on any atom is -0.335 e. The number of amides is 2. The molecular formula is C13H17N3O2. The van der Waals surface area contributed by atoms with Gasteiger partial charge in [-0.2, -0.15) is 0 Å². The number of carbonyl (C=O) groups excluding carboxylic acids is 2. The SMILES string of the molecule is CC(N)c1ccc(N2CC(=O)N(C)CC2=O)cc1. The van der Waals surface area contributed by atoms with E-state index < -0.39 is 0 Å². The van der Waals surface area contributed by atoms with E-state index in [9.17, 15) is 9.59 Å². The fourth-order valence-electron chi connectivity index (χ4n) is 1.91. The molecule has 1 saturated heterocycles. The van der Waals surface area contributed by atoms with Crippen molar-refractivity contribution in [2.24, 2.45) is 5.73 Å². The lowest BCUT2D eigenvalue weighted by molar-refractivity contribution is -0.136. The maximum absolute atomic E-state index is 11.9. The molecule has 0 radical (unpaired) electrons. The minimum atomic E-state index is -0.0642. The van der Waals surface area contributed by atoms with E-state index in [0.717, 1.165) is 11.3 Å². The molecule has 96 valence electrons. The first kappa shape index (κ1) is 12.6. The van der Waals surface area contributed by atoms with Gasteiger partial charge >= 0.3 is 0 Å². The third-order valence-electron chi connectivity index (χ3n) is 3.12. The molecule has 1 aliphatic rings. The predicted octanol–water partition coefficient (Wildman–Crippen LogP) is 0.511. The summed E-state index contributed by atoms with van der Waals surface area (Å²) in [5.74, 6) is -0.114. The molecule has 2 amide bonds. The monoisotopic (exact) mass is 247 g/mol.